The molecular weight excluding hydrogens is 372 g/mol. The number of carbonyl (C=O) groups is 3. The molecule has 0 bridgehead atoms. The maximum atomic E-state index is 13.3. The van der Waals surface area contributed by atoms with Gasteiger partial charge in [0.2, 0.25) is 17.7 Å². The third-order valence-corrected chi connectivity index (χ3v) is 5.27. The highest BCUT2D eigenvalue weighted by Crippen LogP contribution is 2.31. The molecule has 150 valence electrons. The number of aromatic nitrogens is 1. The van der Waals surface area contributed by atoms with Crippen LogP contribution in [-0.2, 0) is 9.59 Å². The van der Waals surface area contributed by atoms with E-state index in [-0.39, 0.29) is 24.3 Å². The molecule has 1 aromatic heterocycles. The predicted molar refractivity (Wildman–Crippen MR) is 107 cm³/mol. The number of para-hydroxylation sites is 1. The average Bonchev–Trinajstić information content (AvgIpc) is 2.84. The van der Waals surface area contributed by atoms with E-state index in [4.69, 9.17) is 4.74 Å². The molecule has 0 radical (unpaired) electrons. The number of hydrogen-bond acceptors (Lipinski definition) is 5. The molecule has 4 rings (SSSR count). The lowest BCUT2D eigenvalue weighted by atomic mass is 10.0. The number of hydrogen-bond donors (Lipinski definition) is 1. The van der Waals surface area contributed by atoms with Crippen molar-refractivity contribution in [1.29, 1.82) is 0 Å². The van der Waals surface area contributed by atoms with Crippen molar-refractivity contribution in [2.24, 2.45) is 0 Å². The van der Waals surface area contributed by atoms with Gasteiger partial charge >= 0.3 is 0 Å². The van der Waals surface area contributed by atoms with Crippen molar-refractivity contribution < 1.29 is 19.1 Å². The average molecular weight is 394 g/mol. The van der Waals surface area contributed by atoms with Crippen molar-refractivity contribution in [3.8, 4) is 5.88 Å². The Labute approximate surface area is 168 Å². The number of ether oxygens (including phenoxy) is 1. The fourth-order valence-corrected chi connectivity index (χ4v) is 3.86. The van der Waals surface area contributed by atoms with Gasteiger partial charge in [-0.15, -0.1) is 0 Å². The van der Waals surface area contributed by atoms with Crippen molar-refractivity contribution in [3.05, 3.63) is 48.2 Å². The van der Waals surface area contributed by atoms with Gasteiger partial charge in [0.1, 0.15) is 12.6 Å². The van der Waals surface area contributed by atoms with Crippen molar-refractivity contribution in [1.82, 2.24) is 9.88 Å². The maximum absolute atomic E-state index is 13.3. The molecule has 1 aromatic carbocycles. The lowest BCUT2D eigenvalue weighted by Crippen LogP contribution is -2.52. The molecule has 8 heteroatoms. The normalized spacial score (nSPS) is 18.6. The van der Waals surface area contributed by atoms with Gasteiger partial charge in [-0.2, -0.15) is 0 Å². The van der Waals surface area contributed by atoms with E-state index in [0.717, 1.165) is 12.8 Å². The van der Waals surface area contributed by atoms with Gasteiger partial charge in [0, 0.05) is 12.6 Å². The Balaban J connectivity index is 1.60. The monoisotopic (exact) mass is 394 g/mol. The first-order chi connectivity index (χ1) is 14.1. The van der Waals surface area contributed by atoms with Crippen LogP contribution in [0.1, 0.15) is 29.6 Å². The van der Waals surface area contributed by atoms with Gasteiger partial charge < -0.3 is 19.9 Å². The van der Waals surface area contributed by atoms with Gasteiger partial charge in [0.05, 0.1) is 30.2 Å². The molecule has 8 nitrogen and oxygen atoms in total. The molecule has 2 aliphatic rings. The molecule has 2 aliphatic heterocycles. The lowest BCUT2D eigenvalue weighted by Gasteiger charge is -2.34. The summed E-state index contributed by atoms with van der Waals surface area (Å²) in [7, 11) is 1.51. The molecule has 1 atom stereocenters. The third kappa shape index (κ3) is 3.65. The highest BCUT2D eigenvalue weighted by molar-refractivity contribution is 6.13. The van der Waals surface area contributed by atoms with E-state index in [2.05, 4.69) is 10.3 Å². The van der Waals surface area contributed by atoms with Gasteiger partial charge in [-0.25, -0.2) is 4.98 Å². The van der Waals surface area contributed by atoms with Crippen LogP contribution in [0, 0.1) is 0 Å². The van der Waals surface area contributed by atoms with E-state index in [1.165, 1.54) is 18.2 Å². The summed E-state index contributed by atoms with van der Waals surface area (Å²) in [5.41, 5.74) is 1.42. The number of benzene rings is 1. The minimum atomic E-state index is -0.529. The molecule has 2 aromatic rings. The van der Waals surface area contributed by atoms with Crippen LogP contribution in [0.3, 0.4) is 0 Å². The van der Waals surface area contributed by atoms with Crippen molar-refractivity contribution in [2.45, 2.75) is 25.3 Å². The highest BCUT2D eigenvalue weighted by atomic mass is 16.5. The number of pyridine rings is 1. The quantitative estimate of drug-likeness (QED) is 0.857. The summed E-state index contributed by atoms with van der Waals surface area (Å²) >= 11 is 0. The SMILES string of the molecule is COc1ccc(NC(=O)CN2C(=O)C3CCCCN3C(=O)c3ccccc32)cn1. The number of anilines is 2. The summed E-state index contributed by atoms with van der Waals surface area (Å²) in [6.07, 6.45) is 3.86. The maximum Gasteiger partial charge on any atom is 0.256 e. The zero-order chi connectivity index (χ0) is 20.4. The van der Waals surface area contributed by atoms with Crippen molar-refractivity contribution >= 4 is 29.1 Å². The summed E-state index contributed by atoms with van der Waals surface area (Å²) in [4.78, 5) is 46.1. The van der Waals surface area contributed by atoms with Crippen LogP contribution in [0.15, 0.2) is 42.6 Å². The summed E-state index contributed by atoms with van der Waals surface area (Å²) in [6, 6.07) is 9.74. The first-order valence-corrected chi connectivity index (χ1v) is 9.60. The summed E-state index contributed by atoms with van der Waals surface area (Å²) in [5, 5.41) is 2.75. The van der Waals surface area contributed by atoms with Crippen LogP contribution < -0.4 is 15.0 Å². The van der Waals surface area contributed by atoms with Gasteiger partial charge in [-0.05, 0) is 37.5 Å². The van der Waals surface area contributed by atoms with Crippen LogP contribution in [0.4, 0.5) is 11.4 Å². The molecule has 1 fully saturated rings. The third-order valence-electron chi connectivity index (χ3n) is 5.27. The van der Waals surface area contributed by atoms with Crippen LogP contribution in [0.25, 0.3) is 0 Å². The van der Waals surface area contributed by atoms with Crippen LogP contribution in [0.5, 0.6) is 5.88 Å². The van der Waals surface area contributed by atoms with Gasteiger partial charge in [0.15, 0.2) is 0 Å². The fourth-order valence-electron chi connectivity index (χ4n) is 3.86. The summed E-state index contributed by atoms with van der Waals surface area (Å²) < 4.78 is 5.01. The Morgan fingerprint density at radius 2 is 2.03 bits per heavy atom. The minimum absolute atomic E-state index is 0.152. The standard InChI is InChI=1S/C21H22N4O4/c1-29-19-10-9-14(12-22-19)23-18(26)13-25-16-7-3-2-6-15(16)20(27)24-11-5-4-8-17(24)21(25)28/h2-3,6-7,9-10,12,17H,4-5,8,11,13H2,1H3,(H,23,26). The van der Waals surface area contributed by atoms with Crippen LogP contribution >= 0.6 is 0 Å². The first kappa shape index (κ1) is 18.9. The lowest BCUT2D eigenvalue weighted by molar-refractivity contribution is -0.125. The molecule has 0 saturated carbocycles. The topological polar surface area (TPSA) is 91.8 Å². The van der Waals surface area contributed by atoms with Crippen molar-refractivity contribution in [2.75, 3.05) is 30.4 Å². The highest BCUT2D eigenvalue weighted by Gasteiger charge is 2.40. The number of nitrogens with one attached hydrogen (secondary N) is 1. The molecule has 0 spiro atoms. The number of rotatable bonds is 4. The Bertz CT molecular complexity index is 944. The zero-order valence-corrected chi connectivity index (χ0v) is 16.1. The second-order valence-corrected chi connectivity index (χ2v) is 7.09. The number of nitrogens with zero attached hydrogens (tertiary/aromatic N) is 3. The van der Waals surface area contributed by atoms with Crippen LogP contribution in [-0.4, -0.2) is 53.8 Å². The van der Waals surface area contributed by atoms with Gasteiger partial charge in [-0.3, -0.25) is 14.4 Å². The fraction of sp³-hybridized carbons (Fsp3) is 0.333. The van der Waals surface area contributed by atoms with Crippen molar-refractivity contribution in [3.63, 3.8) is 0 Å². The molecule has 3 heterocycles. The number of piperidine rings is 1. The molecule has 29 heavy (non-hydrogen) atoms. The van der Waals surface area contributed by atoms with E-state index < -0.39 is 6.04 Å². The number of amides is 3. The Hall–Kier alpha value is -3.42. The smallest absolute Gasteiger partial charge is 0.256 e. The number of methoxy groups -OCH3 is 1. The second-order valence-electron chi connectivity index (χ2n) is 7.09. The molecular formula is C21H22N4O4. The molecule has 3 amide bonds. The van der Waals surface area contributed by atoms with E-state index in [0.29, 0.717) is 35.8 Å². The number of carbonyl (C=O) groups excluding carboxylic acids is 3. The molecule has 1 saturated heterocycles. The molecule has 1 N–H and O–H groups in total. The zero-order valence-electron chi connectivity index (χ0n) is 16.1. The van der Waals surface area contributed by atoms with E-state index in [1.54, 1.807) is 41.3 Å². The summed E-state index contributed by atoms with van der Waals surface area (Å²) in [6.45, 7) is 0.376. The van der Waals surface area contributed by atoms with Gasteiger partial charge in [0.25, 0.3) is 5.91 Å². The number of fused-ring (bicyclic) bond motifs is 2. The summed E-state index contributed by atoms with van der Waals surface area (Å²) in [5.74, 6) is -0.292. The van der Waals surface area contributed by atoms with E-state index >= 15 is 0 Å². The minimum Gasteiger partial charge on any atom is -0.481 e. The predicted octanol–water partition coefficient (Wildman–Crippen LogP) is 2.07. The Morgan fingerprint density at radius 1 is 1.21 bits per heavy atom. The second kappa shape index (κ2) is 7.90. The molecule has 0 aliphatic carbocycles. The van der Waals surface area contributed by atoms with E-state index in [9.17, 15) is 14.4 Å². The Kier molecular flexibility index (Phi) is 5.16. The molecule has 1 unspecified atom stereocenters. The largest absolute Gasteiger partial charge is 0.481 e. The first-order valence-electron chi connectivity index (χ1n) is 9.60. The van der Waals surface area contributed by atoms with E-state index in [1.807, 2.05) is 0 Å². The Morgan fingerprint density at radius 3 is 2.79 bits per heavy atom. The van der Waals surface area contributed by atoms with Crippen LogP contribution in [0.2, 0.25) is 0 Å². The van der Waals surface area contributed by atoms with Gasteiger partial charge in [-0.1, -0.05) is 12.1 Å².